The zero-order valence-electron chi connectivity index (χ0n) is 26.5. The number of rotatable bonds is 28. The molecule has 234 valence electrons. The van der Waals surface area contributed by atoms with Crippen LogP contribution in [0.3, 0.4) is 0 Å². The molecular formula is C37H63NO3. The second-order valence-corrected chi connectivity index (χ2v) is 10.8. The number of hydrogen-bond acceptors (Lipinski definition) is 3. The fourth-order valence-corrected chi connectivity index (χ4v) is 4.42. The van der Waals surface area contributed by atoms with Crippen LogP contribution in [0.25, 0.3) is 0 Å². The molecule has 0 aliphatic heterocycles. The third kappa shape index (κ3) is 29.1. The second-order valence-electron chi connectivity index (χ2n) is 10.8. The largest absolute Gasteiger partial charge is 0.394 e. The smallest absolute Gasteiger partial charge is 0.220 e. The van der Waals surface area contributed by atoms with Gasteiger partial charge < -0.3 is 15.5 Å². The Bertz CT molecular complexity index is 747. The molecule has 0 saturated carbocycles. The highest BCUT2D eigenvalue weighted by Gasteiger charge is 2.19. The van der Waals surface area contributed by atoms with E-state index in [0.29, 0.717) is 12.8 Å². The molecule has 2 unspecified atom stereocenters. The molecule has 0 saturated heterocycles. The zero-order chi connectivity index (χ0) is 30.1. The van der Waals surface area contributed by atoms with Crippen molar-refractivity contribution in [1.82, 2.24) is 5.32 Å². The normalized spacial score (nSPS) is 14.1. The zero-order valence-corrected chi connectivity index (χ0v) is 26.5. The minimum atomic E-state index is -0.665. The minimum absolute atomic E-state index is 0.0608. The maximum atomic E-state index is 12.2. The molecule has 0 aromatic carbocycles. The highest BCUT2D eigenvalue weighted by molar-refractivity contribution is 5.76. The van der Waals surface area contributed by atoms with Crippen LogP contribution in [0.15, 0.2) is 72.9 Å². The standard InChI is InChI=1S/C37H63NO3/c1-3-5-7-9-10-11-12-13-14-15-16-17-18-19-20-21-22-23-24-25-26-27-28-29-31-33-37(41)38-35(34-39)36(40)32-30-8-6-4-2/h5,7,10-11,13-14,16-17,19-20,22-23,35-36,39-40H,3-4,6,8-9,12,15,18,21,24-34H2,1-2H3,(H,38,41)/b7-5-,11-10-,14-13-,17-16-,20-19-,23-22-. The number of carbonyl (C=O) groups is 1. The Morgan fingerprint density at radius 2 is 1.07 bits per heavy atom. The molecule has 0 aromatic rings. The number of aliphatic hydroxyl groups is 2. The van der Waals surface area contributed by atoms with Crippen LogP contribution in [0, 0.1) is 0 Å². The van der Waals surface area contributed by atoms with Gasteiger partial charge in [-0.1, -0.05) is 138 Å². The SMILES string of the molecule is CC/C=C\C/C=C\C/C=C\C/C=C\C/C=C\C/C=C\CCCCCCCCC(=O)NC(CO)C(O)CCCCCC. The summed E-state index contributed by atoms with van der Waals surface area (Å²) in [5.41, 5.74) is 0. The average molecular weight is 570 g/mol. The van der Waals surface area contributed by atoms with E-state index in [9.17, 15) is 15.0 Å². The summed E-state index contributed by atoms with van der Waals surface area (Å²) < 4.78 is 0. The number of unbranched alkanes of at least 4 members (excludes halogenated alkanes) is 9. The Kier molecular flexibility index (Phi) is 30.6. The third-order valence-electron chi connectivity index (χ3n) is 6.98. The molecule has 41 heavy (non-hydrogen) atoms. The summed E-state index contributed by atoms with van der Waals surface area (Å²) in [6, 6.07) is -0.543. The van der Waals surface area contributed by atoms with Gasteiger partial charge in [-0.05, 0) is 64.2 Å². The van der Waals surface area contributed by atoms with Gasteiger partial charge in [-0.15, -0.1) is 0 Å². The number of allylic oxidation sites excluding steroid dienone is 12. The van der Waals surface area contributed by atoms with Crippen LogP contribution in [0.5, 0.6) is 0 Å². The van der Waals surface area contributed by atoms with Crippen LogP contribution in [0.1, 0.15) is 136 Å². The summed E-state index contributed by atoms with van der Waals surface area (Å²) in [5.74, 6) is -0.0608. The topological polar surface area (TPSA) is 69.6 Å². The fraction of sp³-hybridized carbons (Fsp3) is 0.649. The molecule has 0 fully saturated rings. The van der Waals surface area contributed by atoms with E-state index in [1.165, 1.54) is 19.3 Å². The van der Waals surface area contributed by atoms with Crippen LogP contribution in [0.2, 0.25) is 0 Å². The monoisotopic (exact) mass is 569 g/mol. The molecule has 3 N–H and O–H groups in total. The predicted octanol–water partition coefficient (Wildman–Crippen LogP) is 9.61. The van der Waals surface area contributed by atoms with Gasteiger partial charge in [0.05, 0.1) is 18.8 Å². The Labute approximate surface area is 253 Å². The molecule has 0 rings (SSSR count). The van der Waals surface area contributed by atoms with Gasteiger partial charge in [0, 0.05) is 6.42 Å². The van der Waals surface area contributed by atoms with Gasteiger partial charge in [-0.25, -0.2) is 0 Å². The van der Waals surface area contributed by atoms with Gasteiger partial charge in [0.1, 0.15) is 0 Å². The molecule has 0 aliphatic carbocycles. The van der Waals surface area contributed by atoms with Crippen LogP contribution in [-0.4, -0.2) is 34.9 Å². The van der Waals surface area contributed by atoms with E-state index in [0.717, 1.165) is 89.9 Å². The molecule has 4 heteroatoms. The van der Waals surface area contributed by atoms with E-state index in [1.54, 1.807) is 0 Å². The molecule has 4 nitrogen and oxygen atoms in total. The summed E-state index contributed by atoms with van der Waals surface area (Å²) in [6.45, 7) is 4.10. The fourth-order valence-electron chi connectivity index (χ4n) is 4.42. The van der Waals surface area contributed by atoms with Crippen LogP contribution >= 0.6 is 0 Å². The van der Waals surface area contributed by atoms with Crippen molar-refractivity contribution in [3.63, 3.8) is 0 Å². The average Bonchev–Trinajstić information content (AvgIpc) is 2.98. The number of carbonyl (C=O) groups excluding carboxylic acids is 1. The maximum Gasteiger partial charge on any atom is 0.220 e. The first-order chi connectivity index (χ1) is 20.2. The van der Waals surface area contributed by atoms with Crippen molar-refractivity contribution in [1.29, 1.82) is 0 Å². The molecule has 0 aromatic heterocycles. The lowest BCUT2D eigenvalue weighted by Crippen LogP contribution is -2.45. The Hall–Kier alpha value is -2.17. The summed E-state index contributed by atoms with van der Waals surface area (Å²) in [7, 11) is 0. The first kappa shape index (κ1) is 38.8. The molecule has 0 aliphatic rings. The highest BCUT2D eigenvalue weighted by Crippen LogP contribution is 2.11. The lowest BCUT2D eigenvalue weighted by molar-refractivity contribution is -0.123. The van der Waals surface area contributed by atoms with Gasteiger partial charge >= 0.3 is 0 Å². The van der Waals surface area contributed by atoms with E-state index < -0.39 is 12.1 Å². The lowest BCUT2D eigenvalue weighted by Gasteiger charge is -2.22. The summed E-state index contributed by atoms with van der Waals surface area (Å²) in [4.78, 5) is 12.2. The molecule has 0 spiro atoms. The third-order valence-corrected chi connectivity index (χ3v) is 6.98. The van der Waals surface area contributed by atoms with Crippen molar-refractivity contribution in [2.75, 3.05) is 6.61 Å². The summed E-state index contributed by atoms with van der Waals surface area (Å²) in [5, 5.41) is 22.6. The summed E-state index contributed by atoms with van der Waals surface area (Å²) >= 11 is 0. The Morgan fingerprint density at radius 1 is 0.610 bits per heavy atom. The van der Waals surface area contributed by atoms with Crippen molar-refractivity contribution in [2.24, 2.45) is 0 Å². The lowest BCUT2D eigenvalue weighted by atomic mass is 10.0. The van der Waals surface area contributed by atoms with E-state index in [2.05, 4.69) is 92.1 Å². The van der Waals surface area contributed by atoms with E-state index in [1.807, 2.05) is 0 Å². The van der Waals surface area contributed by atoms with Gasteiger partial charge in [-0.2, -0.15) is 0 Å². The number of hydrogen-bond donors (Lipinski definition) is 3. The van der Waals surface area contributed by atoms with Gasteiger partial charge in [-0.3, -0.25) is 4.79 Å². The van der Waals surface area contributed by atoms with Crippen LogP contribution in [-0.2, 0) is 4.79 Å². The number of nitrogens with one attached hydrogen (secondary N) is 1. The second kappa shape index (κ2) is 32.3. The number of amides is 1. The van der Waals surface area contributed by atoms with Crippen molar-refractivity contribution in [3.05, 3.63) is 72.9 Å². The van der Waals surface area contributed by atoms with Gasteiger partial charge in [0.25, 0.3) is 0 Å². The van der Waals surface area contributed by atoms with Crippen molar-refractivity contribution >= 4 is 5.91 Å². The highest BCUT2D eigenvalue weighted by atomic mass is 16.3. The van der Waals surface area contributed by atoms with Crippen molar-refractivity contribution in [3.8, 4) is 0 Å². The Balaban J connectivity index is 3.61. The first-order valence-electron chi connectivity index (χ1n) is 16.6. The maximum absolute atomic E-state index is 12.2. The van der Waals surface area contributed by atoms with Crippen molar-refractivity contribution in [2.45, 2.75) is 148 Å². The molecule has 1 amide bonds. The summed E-state index contributed by atoms with van der Waals surface area (Å²) in [6.07, 6.45) is 45.6. The van der Waals surface area contributed by atoms with Crippen LogP contribution < -0.4 is 5.32 Å². The minimum Gasteiger partial charge on any atom is -0.394 e. The van der Waals surface area contributed by atoms with Gasteiger partial charge in [0.15, 0.2) is 0 Å². The molecular weight excluding hydrogens is 506 g/mol. The molecule has 0 bridgehead atoms. The predicted molar refractivity (Wildman–Crippen MR) is 179 cm³/mol. The molecule has 2 atom stereocenters. The van der Waals surface area contributed by atoms with E-state index in [-0.39, 0.29) is 12.5 Å². The van der Waals surface area contributed by atoms with Gasteiger partial charge in [0.2, 0.25) is 5.91 Å². The molecule has 0 heterocycles. The Morgan fingerprint density at radius 3 is 1.59 bits per heavy atom. The first-order valence-corrected chi connectivity index (χ1v) is 16.6. The van der Waals surface area contributed by atoms with E-state index in [4.69, 9.17) is 0 Å². The van der Waals surface area contributed by atoms with Crippen molar-refractivity contribution < 1.29 is 15.0 Å². The van der Waals surface area contributed by atoms with Crippen LogP contribution in [0.4, 0.5) is 0 Å². The van der Waals surface area contributed by atoms with E-state index >= 15 is 0 Å². The quantitative estimate of drug-likeness (QED) is 0.0649. The number of aliphatic hydroxyl groups excluding tert-OH is 2. The molecule has 0 radical (unpaired) electrons.